The number of benzene rings is 1. The molecule has 0 amide bonds. The second-order valence-corrected chi connectivity index (χ2v) is 6.99. The lowest BCUT2D eigenvalue weighted by molar-refractivity contribution is 0.101. The molecule has 0 saturated carbocycles. The first-order valence-electron chi connectivity index (χ1n) is 8.31. The second-order valence-electron chi connectivity index (χ2n) is 6.07. The average molecular weight is 354 g/mol. The number of hydrogen-bond acceptors (Lipinski definition) is 2. The van der Waals surface area contributed by atoms with Gasteiger partial charge in [0.05, 0.1) is 6.10 Å². The fourth-order valence-electron chi connectivity index (χ4n) is 3.09. The summed E-state index contributed by atoms with van der Waals surface area (Å²) in [5, 5.41) is 3.72. The highest BCUT2D eigenvalue weighted by Crippen LogP contribution is 2.27. The molecule has 1 saturated heterocycles. The van der Waals surface area contributed by atoms with Gasteiger partial charge in [-0.2, -0.15) is 0 Å². The minimum atomic E-state index is 0.462. The van der Waals surface area contributed by atoms with Crippen LogP contribution in [0.25, 0.3) is 0 Å². The van der Waals surface area contributed by atoms with E-state index < -0.39 is 0 Å². The highest BCUT2D eigenvalue weighted by molar-refractivity contribution is 9.10. The fourth-order valence-corrected chi connectivity index (χ4v) is 3.47. The fraction of sp³-hybridized carbons (Fsp3) is 0.667. The lowest BCUT2D eigenvalue weighted by atomic mass is 9.95. The highest BCUT2D eigenvalue weighted by atomic mass is 79.9. The largest absolute Gasteiger partial charge is 0.378 e. The van der Waals surface area contributed by atoms with Gasteiger partial charge in [-0.15, -0.1) is 0 Å². The summed E-state index contributed by atoms with van der Waals surface area (Å²) in [5.74, 6) is 0. The van der Waals surface area contributed by atoms with Gasteiger partial charge in [0.15, 0.2) is 0 Å². The standard InChI is InChI=1S/C18H28BrNO/c1-3-11-20-18(8-4-6-16-7-5-12-21-16)17-13-15(19)10-9-14(17)2/h9-10,13,16,18,20H,3-8,11-12H2,1-2H3. The van der Waals surface area contributed by atoms with Crippen molar-refractivity contribution in [2.45, 2.75) is 64.5 Å². The van der Waals surface area contributed by atoms with Crippen LogP contribution in [0.15, 0.2) is 22.7 Å². The lowest BCUT2D eigenvalue weighted by Crippen LogP contribution is -2.23. The first kappa shape index (κ1) is 17.0. The Morgan fingerprint density at radius 1 is 1.43 bits per heavy atom. The van der Waals surface area contributed by atoms with Crippen LogP contribution in [0.2, 0.25) is 0 Å². The van der Waals surface area contributed by atoms with Crippen LogP contribution in [0.1, 0.15) is 62.6 Å². The monoisotopic (exact) mass is 353 g/mol. The number of nitrogens with one attached hydrogen (secondary N) is 1. The van der Waals surface area contributed by atoms with Gasteiger partial charge in [0.1, 0.15) is 0 Å². The molecule has 2 atom stereocenters. The summed E-state index contributed by atoms with van der Waals surface area (Å²) < 4.78 is 6.91. The Kier molecular flexibility index (Phi) is 7.21. The Bertz CT molecular complexity index is 429. The van der Waals surface area contributed by atoms with E-state index in [0.29, 0.717) is 12.1 Å². The molecule has 2 unspecified atom stereocenters. The molecule has 1 aromatic rings. The molecule has 0 radical (unpaired) electrons. The van der Waals surface area contributed by atoms with E-state index in [1.165, 1.54) is 54.1 Å². The van der Waals surface area contributed by atoms with E-state index >= 15 is 0 Å². The van der Waals surface area contributed by atoms with Crippen LogP contribution in [0.4, 0.5) is 0 Å². The van der Waals surface area contributed by atoms with Crippen molar-refractivity contribution in [1.29, 1.82) is 0 Å². The molecular formula is C18H28BrNO. The molecule has 3 heteroatoms. The summed E-state index contributed by atoms with van der Waals surface area (Å²) in [4.78, 5) is 0. The van der Waals surface area contributed by atoms with Crippen molar-refractivity contribution in [3.63, 3.8) is 0 Å². The van der Waals surface area contributed by atoms with Gasteiger partial charge in [0.25, 0.3) is 0 Å². The molecule has 1 fully saturated rings. The van der Waals surface area contributed by atoms with Gasteiger partial charge < -0.3 is 10.1 Å². The zero-order chi connectivity index (χ0) is 15.1. The minimum absolute atomic E-state index is 0.462. The molecule has 1 N–H and O–H groups in total. The average Bonchev–Trinajstić information content (AvgIpc) is 2.99. The number of aryl methyl sites for hydroxylation is 1. The van der Waals surface area contributed by atoms with E-state index in [-0.39, 0.29) is 0 Å². The van der Waals surface area contributed by atoms with Gasteiger partial charge in [-0.3, -0.25) is 0 Å². The van der Waals surface area contributed by atoms with E-state index in [0.717, 1.165) is 13.2 Å². The van der Waals surface area contributed by atoms with Crippen molar-refractivity contribution in [3.8, 4) is 0 Å². The quantitative estimate of drug-likeness (QED) is 0.697. The van der Waals surface area contributed by atoms with Crippen molar-refractivity contribution in [1.82, 2.24) is 5.32 Å². The van der Waals surface area contributed by atoms with Gasteiger partial charge in [-0.05, 0) is 75.3 Å². The maximum absolute atomic E-state index is 5.74. The number of halogens is 1. The third kappa shape index (κ3) is 5.39. The van der Waals surface area contributed by atoms with Crippen LogP contribution in [-0.4, -0.2) is 19.3 Å². The van der Waals surface area contributed by atoms with E-state index in [1.54, 1.807) is 0 Å². The zero-order valence-electron chi connectivity index (χ0n) is 13.3. The first-order chi connectivity index (χ1) is 10.2. The summed E-state index contributed by atoms with van der Waals surface area (Å²) >= 11 is 3.61. The maximum Gasteiger partial charge on any atom is 0.0576 e. The maximum atomic E-state index is 5.74. The predicted octanol–water partition coefficient (Wildman–Crippen LogP) is 5.15. The van der Waals surface area contributed by atoms with E-state index in [9.17, 15) is 0 Å². The smallest absolute Gasteiger partial charge is 0.0576 e. The molecule has 2 nitrogen and oxygen atoms in total. The van der Waals surface area contributed by atoms with Gasteiger partial charge in [-0.1, -0.05) is 28.9 Å². The number of hydrogen-bond donors (Lipinski definition) is 1. The second kappa shape index (κ2) is 8.92. The highest BCUT2D eigenvalue weighted by Gasteiger charge is 2.17. The van der Waals surface area contributed by atoms with Crippen molar-refractivity contribution in [3.05, 3.63) is 33.8 Å². The normalized spacial score (nSPS) is 19.9. The van der Waals surface area contributed by atoms with E-state index in [4.69, 9.17) is 4.74 Å². The molecule has 1 aliphatic heterocycles. The lowest BCUT2D eigenvalue weighted by Gasteiger charge is -2.22. The minimum Gasteiger partial charge on any atom is -0.378 e. The predicted molar refractivity (Wildman–Crippen MR) is 92.7 cm³/mol. The summed E-state index contributed by atoms with van der Waals surface area (Å²) in [6.45, 7) is 6.48. The Morgan fingerprint density at radius 3 is 3.00 bits per heavy atom. The van der Waals surface area contributed by atoms with Gasteiger partial charge in [0.2, 0.25) is 0 Å². The summed E-state index contributed by atoms with van der Waals surface area (Å²) in [6.07, 6.45) is 7.82. The Morgan fingerprint density at radius 2 is 2.29 bits per heavy atom. The summed E-state index contributed by atoms with van der Waals surface area (Å²) in [5.41, 5.74) is 2.81. The molecule has 2 rings (SSSR count). The molecule has 1 aliphatic rings. The third-order valence-electron chi connectivity index (χ3n) is 4.30. The van der Waals surface area contributed by atoms with Crippen LogP contribution in [0.3, 0.4) is 0 Å². The van der Waals surface area contributed by atoms with Gasteiger partial charge in [0, 0.05) is 17.1 Å². The number of ether oxygens (including phenoxy) is 1. The third-order valence-corrected chi connectivity index (χ3v) is 4.79. The molecular weight excluding hydrogens is 326 g/mol. The Balaban J connectivity index is 1.94. The van der Waals surface area contributed by atoms with Crippen molar-refractivity contribution in [2.75, 3.05) is 13.2 Å². The molecule has 118 valence electrons. The van der Waals surface area contributed by atoms with Crippen LogP contribution in [0.5, 0.6) is 0 Å². The first-order valence-corrected chi connectivity index (χ1v) is 9.11. The van der Waals surface area contributed by atoms with Crippen molar-refractivity contribution >= 4 is 15.9 Å². The van der Waals surface area contributed by atoms with Crippen LogP contribution >= 0.6 is 15.9 Å². The van der Waals surface area contributed by atoms with Crippen LogP contribution in [-0.2, 0) is 4.74 Å². The van der Waals surface area contributed by atoms with Crippen molar-refractivity contribution < 1.29 is 4.74 Å². The zero-order valence-corrected chi connectivity index (χ0v) is 14.9. The molecule has 21 heavy (non-hydrogen) atoms. The summed E-state index contributed by atoms with van der Waals surface area (Å²) in [6, 6.07) is 7.07. The molecule has 1 heterocycles. The van der Waals surface area contributed by atoms with E-state index in [2.05, 4.69) is 53.3 Å². The molecule has 0 spiro atoms. The molecule has 0 bridgehead atoms. The topological polar surface area (TPSA) is 21.3 Å². The van der Waals surface area contributed by atoms with Crippen LogP contribution in [0, 0.1) is 6.92 Å². The SMILES string of the molecule is CCCNC(CCCC1CCCO1)c1cc(Br)ccc1C. The number of rotatable bonds is 8. The summed E-state index contributed by atoms with van der Waals surface area (Å²) in [7, 11) is 0. The van der Waals surface area contributed by atoms with Crippen LogP contribution < -0.4 is 5.32 Å². The molecule has 1 aromatic carbocycles. The van der Waals surface area contributed by atoms with Gasteiger partial charge >= 0.3 is 0 Å². The van der Waals surface area contributed by atoms with E-state index in [1.807, 2.05) is 0 Å². The molecule has 0 aromatic heterocycles. The molecule has 0 aliphatic carbocycles. The Labute approximate surface area is 137 Å². The van der Waals surface area contributed by atoms with Crippen molar-refractivity contribution in [2.24, 2.45) is 0 Å². The van der Waals surface area contributed by atoms with Gasteiger partial charge in [-0.25, -0.2) is 0 Å². The Hall–Kier alpha value is -0.380.